The Hall–Kier alpha value is -4.46. The Bertz CT molecular complexity index is 1510. The molecule has 3 aromatic rings. The number of rotatable bonds is 4. The Morgan fingerprint density at radius 2 is 2.00 bits per heavy atom. The molecule has 1 spiro atoms. The standard InChI is InChI=1S/C27H29N9O2/c1-4-21(37)36-15-27(16-36)7-8-35(14-27)25-18(11-28)24(23-17(2)5-6-20-19(23)12-29-32-20)30-26(31-25)34-10-9-33(3)22(38)13-34/h4-6,12H,1,7-10,13-16H2,2-3H3,(H,29,32). The summed E-state index contributed by atoms with van der Waals surface area (Å²) < 4.78 is 0. The first-order chi connectivity index (χ1) is 18.3. The maximum atomic E-state index is 12.5. The summed E-state index contributed by atoms with van der Waals surface area (Å²) in [5.41, 5.74) is 3.57. The predicted octanol–water partition coefficient (Wildman–Crippen LogP) is 1.70. The van der Waals surface area contributed by atoms with Gasteiger partial charge in [-0.05, 0) is 31.1 Å². The average Bonchev–Trinajstić information content (AvgIpc) is 3.56. The highest BCUT2D eigenvalue weighted by Gasteiger charge is 2.49. The molecule has 3 fully saturated rings. The highest BCUT2D eigenvalue weighted by Crippen LogP contribution is 2.43. The van der Waals surface area contributed by atoms with Gasteiger partial charge in [-0.2, -0.15) is 15.3 Å². The van der Waals surface area contributed by atoms with E-state index in [-0.39, 0.29) is 23.8 Å². The molecule has 3 aliphatic rings. The van der Waals surface area contributed by atoms with Crippen molar-refractivity contribution < 1.29 is 9.59 Å². The number of aryl methyl sites for hydroxylation is 1. The van der Waals surface area contributed by atoms with E-state index in [2.05, 4.69) is 27.7 Å². The van der Waals surface area contributed by atoms with Crippen molar-refractivity contribution in [1.29, 1.82) is 5.26 Å². The summed E-state index contributed by atoms with van der Waals surface area (Å²) >= 11 is 0. The van der Waals surface area contributed by atoms with E-state index < -0.39 is 0 Å². The first kappa shape index (κ1) is 23.9. The number of carbonyl (C=O) groups excluding carboxylic acids is 2. The maximum absolute atomic E-state index is 12.5. The molecule has 2 aromatic heterocycles. The van der Waals surface area contributed by atoms with E-state index in [1.807, 2.05) is 24.0 Å². The third kappa shape index (κ3) is 3.75. The van der Waals surface area contributed by atoms with E-state index in [9.17, 15) is 14.9 Å². The minimum Gasteiger partial charge on any atom is -0.355 e. The molecule has 5 heterocycles. The van der Waals surface area contributed by atoms with Crippen LogP contribution in [-0.2, 0) is 9.59 Å². The number of nitriles is 1. The van der Waals surface area contributed by atoms with E-state index in [1.54, 1.807) is 23.0 Å². The zero-order valence-electron chi connectivity index (χ0n) is 21.6. The third-order valence-corrected chi connectivity index (χ3v) is 8.08. The molecule has 11 heteroatoms. The number of anilines is 2. The van der Waals surface area contributed by atoms with Crippen LogP contribution >= 0.6 is 0 Å². The lowest BCUT2D eigenvalue weighted by Gasteiger charge is -2.47. The quantitative estimate of drug-likeness (QED) is 0.525. The van der Waals surface area contributed by atoms with Gasteiger partial charge in [-0.3, -0.25) is 14.7 Å². The summed E-state index contributed by atoms with van der Waals surface area (Å²) in [4.78, 5) is 42.0. The van der Waals surface area contributed by atoms with E-state index in [0.29, 0.717) is 55.7 Å². The lowest BCUT2D eigenvalue weighted by molar-refractivity contribution is -0.136. The van der Waals surface area contributed by atoms with Gasteiger partial charge in [0.2, 0.25) is 17.8 Å². The summed E-state index contributed by atoms with van der Waals surface area (Å²) in [6, 6.07) is 6.35. The molecule has 1 N–H and O–H groups in total. The average molecular weight is 512 g/mol. The highest BCUT2D eigenvalue weighted by molar-refractivity contribution is 5.97. The number of carbonyl (C=O) groups is 2. The second-order valence-corrected chi connectivity index (χ2v) is 10.6. The molecule has 11 nitrogen and oxygen atoms in total. The number of amides is 2. The Kier molecular flexibility index (Phi) is 5.56. The second-order valence-electron chi connectivity index (χ2n) is 10.6. The molecule has 2 amide bonds. The minimum atomic E-state index is -0.0539. The number of hydrogen-bond acceptors (Lipinski definition) is 8. The number of aromatic nitrogens is 4. The van der Waals surface area contributed by atoms with E-state index in [1.165, 1.54) is 6.08 Å². The highest BCUT2D eigenvalue weighted by atomic mass is 16.2. The molecule has 38 heavy (non-hydrogen) atoms. The molecule has 0 aliphatic carbocycles. The summed E-state index contributed by atoms with van der Waals surface area (Å²) in [5.74, 6) is 0.960. The molecule has 194 valence electrons. The van der Waals surface area contributed by atoms with Crippen molar-refractivity contribution in [1.82, 2.24) is 30.0 Å². The molecule has 3 saturated heterocycles. The number of likely N-dealkylation sites (tertiary alicyclic amines) is 1. The fraction of sp³-hybridized carbons (Fsp3) is 0.407. The molecule has 0 bridgehead atoms. The third-order valence-electron chi connectivity index (χ3n) is 8.08. The minimum absolute atomic E-state index is 0.00185. The van der Waals surface area contributed by atoms with Crippen LogP contribution in [0.2, 0.25) is 0 Å². The monoisotopic (exact) mass is 511 g/mol. The Morgan fingerprint density at radius 1 is 1.18 bits per heavy atom. The van der Waals surface area contributed by atoms with Gasteiger partial charge in [-0.1, -0.05) is 12.6 Å². The van der Waals surface area contributed by atoms with Gasteiger partial charge in [0.25, 0.3) is 0 Å². The van der Waals surface area contributed by atoms with Crippen molar-refractivity contribution in [3.05, 3.63) is 42.1 Å². The Balaban J connectivity index is 1.46. The van der Waals surface area contributed by atoms with Crippen LogP contribution < -0.4 is 9.80 Å². The number of piperazine rings is 1. The summed E-state index contributed by atoms with van der Waals surface area (Å²) in [7, 11) is 1.79. The molecule has 0 atom stereocenters. The largest absolute Gasteiger partial charge is 0.355 e. The van der Waals surface area contributed by atoms with Crippen LogP contribution in [0.3, 0.4) is 0 Å². The van der Waals surface area contributed by atoms with Crippen LogP contribution in [0.15, 0.2) is 31.0 Å². The fourth-order valence-corrected chi connectivity index (χ4v) is 5.88. The normalized spacial score (nSPS) is 18.7. The SMILES string of the molecule is C=CC(=O)N1CC2(CCN(c3nc(N4CCN(C)C(=O)C4)nc(-c4c(C)ccc5[nH]ncc45)c3C#N)C2)C1. The molecule has 6 rings (SSSR count). The number of benzene rings is 1. The number of hydrogen-bond donors (Lipinski definition) is 1. The molecule has 0 radical (unpaired) electrons. The molecule has 3 aliphatic heterocycles. The predicted molar refractivity (Wildman–Crippen MR) is 142 cm³/mol. The van der Waals surface area contributed by atoms with Crippen LogP contribution in [-0.4, -0.2) is 94.6 Å². The van der Waals surface area contributed by atoms with Crippen molar-refractivity contribution in [2.45, 2.75) is 13.3 Å². The van der Waals surface area contributed by atoms with Crippen molar-refractivity contribution in [3.8, 4) is 17.3 Å². The van der Waals surface area contributed by atoms with Gasteiger partial charge >= 0.3 is 0 Å². The summed E-state index contributed by atoms with van der Waals surface area (Å²) in [6.45, 7) is 9.69. The van der Waals surface area contributed by atoms with Crippen molar-refractivity contribution in [2.24, 2.45) is 5.41 Å². The van der Waals surface area contributed by atoms with Gasteiger partial charge in [-0.25, -0.2) is 4.98 Å². The van der Waals surface area contributed by atoms with Crippen LogP contribution in [0.5, 0.6) is 0 Å². The number of nitrogens with one attached hydrogen (secondary N) is 1. The van der Waals surface area contributed by atoms with Gasteiger partial charge in [0.1, 0.15) is 11.6 Å². The molecule has 1 aromatic carbocycles. The first-order valence-corrected chi connectivity index (χ1v) is 12.7. The molecular weight excluding hydrogens is 482 g/mol. The van der Waals surface area contributed by atoms with Crippen LogP contribution in [0.25, 0.3) is 22.2 Å². The Labute approximate surface area is 220 Å². The number of fused-ring (bicyclic) bond motifs is 1. The van der Waals surface area contributed by atoms with Gasteiger partial charge in [0.05, 0.1) is 24.0 Å². The number of aromatic amines is 1. The number of nitrogens with zero attached hydrogens (tertiary/aromatic N) is 8. The summed E-state index contributed by atoms with van der Waals surface area (Å²) in [6.07, 6.45) is 4.01. The van der Waals surface area contributed by atoms with Gasteiger partial charge in [0, 0.05) is 62.7 Å². The number of H-pyrrole nitrogens is 1. The van der Waals surface area contributed by atoms with Gasteiger partial charge in [0.15, 0.2) is 5.82 Å². The topological polar surface area (TPSA) is 125 Å². The second kappa shape index (κ2) is 8.83. The zero-order valence-corrected chi connectivity index (χ0v) is 21.6. The first-order valence-electron chi connectivity index (χ1n) is 12.7. The van der Waals surface area contributed by atoms with Crippen LogP contribution in [0, 0.1) is 23.7 Å². The van der Waals surface area contributed by atoms with Crippen molar-refractivity contribution >= 4 is 34.5 Å². The lowest BCUT2D eigenvalue weighted by Crippen LogP contribution is -2.59. The van der Waals surface area contributed by atoms with E-state index in [4.69, 9.17) is 9.97 Å². The number of likely N-dealkylation sites (N-methyl/N-ethyl adjacent to an activating group) is 1. The summed E-state index contributed by atoms with van der Waals surface area (Å²) in [5, 5.41) is 18.5. The van der Waals surface area contributed by atoms with Crippen molar-refractivity contribution in [3.63, 3.8) is 0 Å². The van der Waals surface area contributed by atoms with Gasteiger partial charge in [-0.15, -0.1) is 0 Å². The molecular formula is C27H29N9O2. The van der Waals surface area contributed by atoms with Crippen LogP contribution in [0.4, 0.5) is 11.8 Å². The van der Waals surface area contributed by atoms with E-state index in [0.717, 1.165) is 35.0 Å². The fourth-order valence-electron chi connectivity index (χ4n) is 5.88. The lowest BCUT2D eigenvalue weighted by atomic mass is 9.79. The zero-order chi connectivity index (χ0) is 26.6. The van der Waals surface area contributed by atoms with Crippen molar-refractivity contribution in [2.75, 3.05) is 62.7 Å². The Morgan fingerprint density at radius 3 is 2.74 bits per heavy atom. The van der Waals surface area contributed by atoms with E-state index >= 15 is 0 Å². The smallest absolute Gasteiger partial charge is 0.245 e. The van der Waals surface area contributed by atoms with Crippen LogP contribution in [0.1, 0.15) is 17.5 Å². The van der Waals surface area contributed by atoms with Gasteiger partial charge < -0.3 is 19.6 Å². The molecule has 0 unspecified atom stereocenters. The molecule has 0 saturated carbocycles. The maximum Gasteiger partial charge on any atom is 0.245 e.